The van der Waals surface area contributed by atoms with Crippen LogP contribution in [0.3, 0.4) is 0 Å². The van der Waals surface area contributed by atoms with Crippen molar-refractivity contribution in [2.24, 2.45) is 0 Å². The van der Waals surface area contributed by atoms with E-state index >= 15 is 0 Å². The van der Waals surface area contributed by atoms with Crippen LogP contribution in [0.25, 0.3) is 0 Å². The highest BCUT2D eigenvalue weighted by Crippen LogP contribution is 2.30. The van der Waals surface area contributed by atoms with Crippen LogP contribution >= 0.6 is 23.2 Å². The predicted octanol–water partition coefficient (Wildman–Crippen LogP) is 3.52. The van der Waals surface area contributed by atoms with Gasteiger partial charge in [0.05, 0.1) is 5.02 Å². The maximum atomic E-state index is 9.87. The van der Waals surface area contributed by atoms with Crippen LogP contribution in [-0.2, 0) is 6.54 Å². The maximum absolute atomic E-state index is 9.87. The molecule has 1 unspecified atom stereocenters. The van der Waals surface area contributed by atoms with Crippen molar-refractivity contribution < 1.29 is 5.11 Å². The number of likely N-dealkylation sites (N-methyl/N-ethyl adjacent to an activating group) is 1. The Morgan fingerprint density at radius 1 is 1.26 bits per heavy atom. The van der Waals surface area contributed by atoms with Crippen molar-refractivity contribution in [1.82, 2.24) is 10.2 Å². The molecule has 0 aliphatic heterocycles. The van der Waals surface area contributed by atoms with Gasteiger partial charge in [-0.3, -0.25) is 0 Å². The molecule has 0 aliphatic rings. The van der Waals surface area contributed by atoms with Gasteiger partial charge in [0.1, 0.15) is 5.75 Å². The van der Waals surface area contributed by atoms with Gasteiger partial charge in [-0.2, -0.15) is 0 Å². The molecule has 0 radical (unpaired) electrons. The number of halogens is 2. The first-order chi connectivity index (χ1) is 8.97. The number of nitrogens with zero attached hydrogens (tertiary/aromatic N) is 1. The molecule has 0 saturated heterocycles. The van der Waals surface area contributed by atoms with Crippen molar-refractivity contribution in [3.63, 3.8) is 0 Å². The molecule has 1 aromatic carbocycles. The van der Waals surface area contributed by atoms with Crippen LogP contribution < -0.4 is 5.32 Å². The zero-order valence-corrected chi connectivity index (χ0v) is 13.2. The minimum absolute atomic E-state index is 0.105. The number of rotatable bonds is 7. The van der Waals surface area contributed by atoms with Crippen molar-refractivity contribution in [2.75, 3.05) is 19.6 Å². The number of phenols is 1. The average Bonchev–Trinajstić information content (AvgIpc) is 2.38. The number of aromatic hydroxyl groups is 1. The van der Waals surface area contributed by atoms with Crippen molar-refractivity contribution in [2.45, 2.75) is 33.4 Å². The molecule has 3 nitrogen and oxygen atoms in total. The van der Waals surface area contributed by atoms with Gasteiger partial charge in [-0.25, -0.2) is 0 Å². The van der Waals surface area contributed by atoms with Gasteiger partial charge in [0.25, 0.3) is 0 Å². The van der Waals surface area contributed by atoms with Crippen LogP contribution in [0.5, 0.6) is 5.75 Å². The molecule has 0 aromatic heterocycles. The Kier molecular flexibility index (Phi) is 6.94. The Labute approximate surface area is 125 Å². The van der Waals surface area contributed by atoms with Crippen LogP contribution in [0.4, 0.5) is 0 Å². The van der Waals surface area contributed by atoms with Crippen LogP contribution in [0.1, 0.15) is 26.3 Å². The fraction of sp³-hybridized carbons (Fsp3) is 0.571. The summed E-state index contributed by atoms with van der Waals surface area (Å²) in [4.78, 5) is 2.35. The standard InChI is InChI=1S/C14H22Cl2N2O/c1-4-18(5-2)9-10(3)17-8-11-6-12(15)7-13(16)14(11)19/h6-7,10,17,19H,4-5,8-9H2,1-3H3. The largest absolute Gasteiger partial charge is 0.506 e. The van der Waals surface area contributed by atoms with E-state index in [2.05, 4.69) is 31.0 Å². The topological polar surface area (TPSA) is 35.5 Å². The Morgan fingerprint density at radius 2 is 1.89 bits per heavy atom. The third kappa shape index (κ3) is 5.19. The van der Waals surface area contributed by atoms with Crippen molar-refractivity contribution >= 4 is 23.2 Å². The molecule has 0 bridgehead atoms. The van der Waals surface area contributed by atoms with Crippen LogP contribution in [0.15, 0.2) is 12.1 Å². The molecule has 0 fully saturated rings. The number of benzene rings is 1. The lowest BCUT2D eigenvalue weighted by Gasteiger charge is -2.23. The quantitative estimate of drug-likeness (QED) is 0.809. The van der Waals surface area contributed by atoms with Crippen molar-refractivity contribution in [3.8, 4) is 5.75 Å². The maximum Gasteiger partial charge on any atom is 0.138 e. The zero-order chi connectivity index (χ0) is 14.4. The molecule has 1 aromatic rings. The Morgan fingerprint density at radius 3 is 2.47 bits per heavy atom. The SMILES string of the molecule is CCN(CC)CC(C)NCc1cc(Cl)cc(Cl)c1O. The van der Waals surface area contributed by atoms with Gasteiger partial charge in [-0.05, 0) is 32.1 Å². The minimum atomic E-state index is 0.105. The molecule has 0 saturated carbocycles. The van der Waals surface area contributed by atoms with E-state index in [0.717, 1.165) is 25.2 Å². The van der Waals surface area contributed by atoms with Crippen molar-refractivity contribution in [3.05, 3.63) is 27.7 Å². The van der Waals surface area contributed by atoms with Crippen molar-refractivity contribution in [1.29, 1.82) is 0 Å². The highest BCUT2D eigenvalue weighted by atomic mass is 35.5. The fourth-order valence-corrected chi connectivity index (χ4v) is 2.51. The fourth-order valence-electron chi connectivity index (χ4n) is 1.97. The molecule has 108 valence electrons. The summed E-state index contributed by atoms with van der Waals surface area (Å²) in [5.41, 5.74) is 0.726. The molecule has 1 rings (SSSR count). The van der Waals surface area contributed by atoms with Gasteiger partial charge in [0, 0.05) is 29.7 Å². The second kappa shape index (κ2) is 7.95. The van der Waals surface area contributed by atoms with Gasteiger partial charge in [0.2, 0.25) is 0 Å². The summed E-state index contributed by atoms with van der Waals surface area (Å²) in [5.74, 6) is 0.105. The van der Waals surface area contributed by atoms with Gasteiger partial charge in [-0.1, -0.05) is 37.0 Å². The molecule has 5 heteroatoms. The second-order valence-corrected chi connectivity index (χ2v) is 5.51. The summed E-state index contributed by atoms with van der Waals surface area (Å²) < 4.78 is 0. The Balaban J connectivity index is 2.57. The van der Waals surface area contributed by atoms with E-state index in [1.54, 1.807) is 12.1 Å². The third-order valence-electron chi connectivity index (χ3n) is 3.17. The lowest BCUT2D eigenvalue weighted by Crippen LogP contribution is -2.38. The smallest absolute Gasteiger partial charge is 0.138 e. The van der Waals surface area contributed by atoms with Gasteiger partial charge in [0.15, 0.2) is 0 Å². The monoisotopic (exact) mass is 304 g/mol. The average molecular weight is 305 g/mol. The lowest BCUT2D eigenvalue weighted by atomic mass is 10.2. The number of hydrogen-bond acceptors (Lipinski definition) is 3. The van der Waals surface area contributed by atoms with Gasteiger partial charge in [-0.15, -0.1) is 0 Å². The number of hydrogen-bond donors (Lipinski definition) is 2. The van der Waals surface area contributed by atoms with E-state index in [-0.39, 0.29) is 5.75 Å². The first-order valence-corrected chi connectivity index (χ1v) is 7.36. The normalized spacial score (nSPS) is 12.9. The summed E-state index contributed by atoms with van der Waals surface area (Å²) in [6.07, 6.45) is 0. The lowest BCUT2D eigenvalue weighted by molar-refractivity contribution is 0.270. The molecule has 0 heterocycles. The first kappa shape index (κ1) is 16.6. The van der Waals surface area contributed by atoms with Crippen LogP contribution in [0.2, 0.25) is 10.0 Å². The minimum Gasteiger partial charge on any atom is -0.506 e. The third-order valence-corrected chi connectivity index (χ3v) is 3.68. The number of phenolic OH excluding ortho intramolecular Hbond substituents is 1. The Hall–Kier alpha value is -0.480. The molecular weight excluding hydrogens is 283 g/mol. The molecule has 0 spiro atoms. The predicted molar refractivity (Wildman–Crippen MR) is 82.2 cm³/mol. The second-order valence-electron chi connectivity index (χ2n) is 4.66. The molecule has 0 aliphatic carbocycles. The summed E-state index contributed by atoms with van der Waals surface area (Å²) in [5, 5.41) is 14.1. The molecule has 19 heavy (non-hydrogen) atoms. The van der Waals surface area contributed by atoms with Crippen LogP contribution in [0, 0.1) is 0 Å². The van der Waals surface area contributed by atoms with E-state index in [1.807, 2.05) is 0 Å². The summed E-state index contributed by atoms with van der Waals surface area (Å²) in [6, 6.07) is 3.61. The zero-order valence-electron chi connectivity index (χ0n) is 11.7. The molecule has 0 amide bonds. The van der Waals surface area contributed by atoms with E-state index in [1.165, 1.54) is 0 Å². The van der Waals surface area contributed by atoms with Crippen LogP contribution in [-0.4, -0.2) is 35.7 Å². The summed E-state index contributed by atoms with van der Waals surface area (Å²) in [6.45, 7) is 10.0. The number of nitrogens with one attached hydrogen (secondary N) is 1. The van der Waals surface area contributed by atoms with E-state index in [9.17, 15) is 5.11 Å². The first-order valence-electron chi connectivity index (χ1n) is 6.60. The highest BCUT2D eigenvalue weighted by Gasteiger charge is 2.10. The molecule has 2 N–H and O–H groups in total. The van der Waals surface area contributed by atoms with E-state index in [4.69, 9.17) is 23.2 Å². The highest BCUT2D eigenvalue weighted by molar-refractivity contribution is 6.35. The molecule has 1 atom stereocenters. The van der Waals surface area contributed by atoms with E-state index < -0.39 is 0 Å². The van der Waals surface area contributed by atoms with Gasteiger partial charge < -0.3 is 15.3 Å². The summed E-state index contributed by atoms with van der Waals surface area (Å²) >= 11 is 11.8. The van der Waals surface area contributed by atoms with Gasteiger partial charge >= 0.3 is 0 Å². The molecular formula is C14H22Cl2N2O. The van der Waals surface area contributed by atoms with E-state index in [0.29, 0.717) is 22.6 Å². The Bertz CT molecular complexity index is 409. The summed E-state index contributed by atoms with van der Waals surface area (Å²) in [7, 11) is 0.